The van der Waals surface area contributed by atoms with E-state index in [1.165, 1.54) is 6.07 Å². The van der Waals surface area contributed by atoms with Crippen LogP contribution in [0.3, 0.4) is 0 Å². The highest BCUT2D eigenvalue weighted by Gasteiger charge is 2.23. The predicted molar refractivity (Wildman–Crippen MR) is 95.2 cm³/mol. The van der Waals surface area contributed by atoms with Crippen molar-refractivity contribution in [2.24, 2.45) is 0 Å². The first kappa shape index (κ1) is 17.4. The molecular weight excluding hydrogens is 392 g/mol. The number of anilines is 1. The van der Waals surface area contributed by atoms with Crippen molar-refractivity contribution >= 4 is 33.3 Å². The molecule has 0 unspecified atom stereocenters. The van der Waals surface area contributed by atoms with Crippen LogP contribution in [0.1, 0.15) is 10.4 Å². The number of rotatable bonds is 4. The van der Waals surface area contributed by atoms with Gasteiger partial charge in [-0.15, -0.1) is 0 Å². The second-order valence-electron chi connectivity index (χ2n) is 5.40. The lowest BCUT2D eigenvalue weighted by Crippen LogP contribution is -2.36. The Kier molecular flexibility index (Phi) is 5.30. The lowest BCUT2D eigenvalue weighted by Gasteiger charge is -2.28. The Labute approximate surface area is 152 Å². The second kappa shape index (κ2) is 7.62. The van der Waals surface area contributed by atoms with Crippen LogP contribution >= 0.6 is 15.9 Å². The van der Waals surface area contributed by atoms with Gasteiger partial charge in [0.05, 0.1) is 23.7 Å². The second-order valence-corrected chi connectivity index (χ2v) is 6.32. The smallest absolute Gasteiger partial charge is 0.343 e. The van der Waals surface area contributed by atoms with Crippen molar-refractivity contribution in [3.63, 3.8) is 0 Å². The molecule has 3 rings (SSSR count). The van der Waals surface area contributed by atoms with E-state index in [2.05, 4.69) is 15.9 Å². The predicted octanol–water partition coefficient (Wildman–Crippen LogP) is 3.41. The number of carbonyl (C=O) groups is 1. The summed E-state index contributed by atoms with van der Waals surface area (Å²) >= 11 is 3.30. The van der Waals surface area contributed by atoms with Gasteiger partial charge >= 0.3 is 5.97 Å². The van der Waals surface area contributed by atoms with Crippen LogP contribution in [0.15, 0.2) is 46.9 Å². The molecule has 0 radical (unpaired) electrons. The fourth-order valence-electron chi connectivity index (χ4n) is 2.54. The number of hydrogen-bond acceptors (Lipinski definition) is 6. The molecule has 25 heavy (non-hydrogen) atoms. The van der Waals surface area contributed by atoms with Gasteiger partial charge in [-0.1, -0.05) is 15.9 Å². The van der Waals surface area contributed by atoms with E-state index in [1.54, 1.807) is 36.4 Å². The lowest BCUT2D eigenvalue weighted by atomic mass is 10.1. The largest absolute Gasteiger partial charge is 0.423 e. The summed E-state index contributed by atoms with van der Waals surface area (Å²) in [6, 6.07) is 11.1. The molecule has 1 aliphatic heterocycles. The van der Waals surface area contributed by atoms with E-state index in [-0.39, 0.29) is 11.3 Å². The minimum absolute atomic E-state index is 0.118. The first-order chi connectivity index (χ1) is 12.0. The first-order valence-corrected chi connectivity index (χ1v) is 8.43. The Hall–Kier alpha value is -2.45. The molecule has 8 heteroatoms. The molecule has 0 saturated carbocycles. The van der Waals surface area contributed by atoms with Crippen LogP contribution < -0.4 is 9.64 Å². The molecule has 1 heterocycles. The molecule has 0 amide bonds. The van der Waals surface area contributed by atoms with Crippen LogP contribution in [0.5, 0.6) is 5.75 Å². The quantitative estimate of drug-likeness (QED) is 0.334. The highest BCUT2D eigenvalue weighted by Crippen LogP contribution is 2.30. The summed E-state index contributed by atoms with van der Waals surface area (Å²) in [7, 11) is 0. The van der Waals surface area contributed by atoms with Gasteiger partial charge < -0.3 is 14.4 Å². The number of nitro benzene ring substituents is 1. The van der Waals surface area contributed by atoms with Crippen molar-refractivity contribution < 1.29 is 19.2 Å². The number of nitrogens with zero attached hydrogens (tertiary/aromatic N) is 2. The maximum Gasteiger partial charge on any atom is 0.343 e. The molecule has 0 N–H and O–H groups in total. The summed E-state index contributed by atoms with van der Waals surface area (Å²) in [5, 5.41) is 11.4. The fraction of sp³-hybridized carbons (Fsp3) is 0.235. The van der Waals surface area contributed by atoms with Crippen LogP contribution in [-0.2, 0) is 4.74 Å². The van der Waals surface area contributed by atoms with Gasteiger partial charge in [-0.05, 0) is 36.4 Å². The summed E-state index contributed by atoms with van der Waals surface area (Å²) < 4.78 is 11.4. The average Bonchev–Trinajstić information content (AvgIpc) is 2.63. The van der Waals surface area contributed by atoms with Crippen molar-refractivity contribution in [1.29, 1.82) is 0 Å². The Morgan fingerprint density at radius 1 is 1.16 bits per heavy atom. The molecule has 130 valence electrons. The Bertz CT molecular complexity index is 788. The molecular formula is C17H15BrN2O5. The average molecular weight is 407 g/mol. The van der Waals surface area contributed by atoms with Gasteiger partial charge in [0.15, 0.2) is 0 Å². The standard InChI is InChI=1S/C17H15BrN2O5/c18-13-2-4-14(5-3-13)25-17(21)12-1-6-15(16(11-12)20(22)23)19-7-9-24-10-8-19/h1-6,11H,7-10H2. The summed E-state index contributed by atoms with van der Waals surface area (Å²) in [5.74, 6) is -0.271. The van der Waals surface area contributed by atoms with Crippen molar-refractivity contribution in [3.8, 4) is 5.75 Å². The Balaban J connectivity index is 1.84. The molecule has 0 spiro atoms. The molecule has 1 saturated heterocycles. The Morgan fingerprint density at radius 2 is 1.84 bits per heavy atom. The van der Waals surface area contributed by atoms with E-state index < -0.39 is 10.9 Å². The first-order valence-electron chi connectivity index (χ1n) is 7.63. The van der Waals surface area contributed by atoms with Gasteiger partial charge in [0.25, 0.3) is 5.69 Å². The zero-order valence-electron chi connectivity index (χ0n) is 13.2. The van der Waals surface area contributed by atoms with Crippen molar-refractivity contribution in [2.75, 3.05) is 31.2 Å². The minimum atomic E-state index is -0.640. The van der Waals surface area contributed by atoms with Gasteiger partial charge in [0, 0.05) is 23.6 Å². The van der Waals surface area contributed by atoms with E-state index in [9.17, 15) is 14.9 Å². The maximum atomic E-state index is 12.3. The third-order valence-electron chi connectivity index (χ3n) is 3.78. The normalized spacial score (nSPS) is 14.2. The fourth-order valence-corrected chi connectivity index (χ4v) is 2.80. The van der Waals surface area contributed by atoms with Crippen LogP contribution in [-0.4, -0.2) is 37.2 Å². The maximum absolute atomic E-state index is 12.3. The van der Waals surface area contributed by atoms with Crippen molar-refractivity contribution in [3.05, 3.63) is 62.6 Å². The number of morpholine rings is 1. The number of ether oxygens (including phenoxy) is 2. The molecule has 1 aliphatic rings. The van der Waals surface area contributed by atoms with Crippen LogP contribution in [0.25, 0.3) is 0 Å². The van der Waals surface area contributed by atoms with Crippen LogP contribution in [0.4, 0.5) is 11.4 Å². The summed E-state index contributed by atoms with van der Waals surface area (Å²) in [5.41, 5.74) is 0.493. The minimum Gasteiger partial charge on any atom is -0.423 e. The number of halogens is 1. The highest BCUT2D eigenvalue weighted by atomic mass is 79.9. The summed E-state index contributed by atoms with van der Waals surface area (Å²) in [4.78, 5) is 25.1. The van der Waals surface area contributed by atoms with Gasteiger partial charge in [-0.2, -0.15) is 0 Å². The third kappa shape index (κ3) is 4.15. The number of benzene rings is 2. The topological polar surface area (TPSA) is 81.9 Å². The SMILES string of the molecule is O=C(Oc1ccc(Br)cc1)c1ccc(N2CCOCC2)c([N+](=O)[O-])c1. The number of esters is 1. The van der Waals surface area contributed by atoms with E-state index in [0.717, 1.165) is 4.47 Å². The highest BCUT2D eigenvalue weighted by molar-refractivity contribution is 9.10. The van der Waals surface area contributed by atoms with Gasteiger partial charge in [0.1, 0.15) is 11.4 Å². The number of nitro groups is 1. The van der Waals surface area contributed by atoms with E-state index in [4.69, 9.17) is 9.47 Å². The summed E-state index contributed by atoms with van der Waals surface area (Å²) in [6.45, 7) is 2.18. The molecule has 0 atom stereocenters. The molecule has 1 fully saturated rings. The zero-order chi connectivity index (χ0) is 17.8. The van der Waals surface area contributed by atoms with E-state index >= 15 is 0 Å². The molecule has 0 aromatic heterocycles. The lowest BCUT2D eigenvalue weighted by molar-refractivity contribution is -0.384. The molecule has 0 bridgehead atoms. The summed E-state index contributed by atoms with van der Waals surface area (Å²) in [6.07, 6.45) is 0. The Morgan fingerprint density at radius 3 is 2.48 bits per heavy atom. The van der Waals surface area contributed by atoms with E-state index in [0.29, 0.717) is 37.7 Å². The van der Waals surface area contributed by atoms with Gasteiger partial charge in [-0.25, -0.2) is 4.79 Å². The molecule has 7 nitrogen and oxygen atoms in total. The van der Waals surface area contributed by atoms with Crippen LogP contribution in [0.2, 0.25) is 0 Å². The van der Waals surface area contributed by atoms with Crippen LogP contribution in [0, 0.1) is 10.1 Å². The third-order valence-corrected chi connectivity index (χ3v) is 4.31. The van der Waals surface area contributed by atoms with Gasteiger partial charge in [-0.3, -0.25) is 10.1 Å². The molecule has 0 aliphatic carbocycles. The van der Waals surface area contributed by atoms with Crippen molar-refractivity contribution in [2.45, 2.75) is 0 Å². The number of carbonyl (C=O) groups excluding carboxylic acids is 1. The van der Waals surface area contributed by atoms with Crippen molar-refractivity contribution in [1.82, 2.24) is 0 Å². The monoisotopic (exact) mass is 406 g/mol. The molecule has 2 aromatic carbocycles. The molecule has 2 aromatic rings. The van der Waals surface area contributed by atoms with Gasteiger partial charge in [0.2, 0.25) is 0 Å². The van der Waals surface area contributed by atoms with E-state index in [1.807, 2.05) is 4.90 Å². The zero-order valence-corrected chi connectivity index (χ0v) is 14.8. The number of hydrogen-bond donors (Lipinski definition) is 0.